The number of hydrogen-bond acceptors (Lipinski definition) is 7. The van der Waals surface area contributed by atoms with Crippen LogP contribution in [0.2, 0.25) is 0 Å². The zero-order valence-corrected chi connectivity index (χ0v) is 19.1. The predicted octanol–water partition coefficient (Wildman–Crippen LogP) is 1.49. The van der Waals surface area contributed by atoms with Crippen molar-refractivity contribution in [3.05, 3.63) is 35.0 Å². The number of likely N-dealkylation sites (N-methyl/N-ethyl adjacent to an activating group) is 1. The predicted molar refractivity (Wildman–Crippen MR) is 120 cm³/mol. The van der Waals surface area contributed by atoms with E-state index in [-0.39, 0.29) is 23.6 Å². The van der Waals surface area contributed by atoms with Crippen molar-refractivity contribution < 1.29 is 14.4 Å². The molecule has 3 N–H and O–H groups in total. The number of pyridine rings is 1. The Kier molecular flexibility index (Phi) is 7.01. The van der Waals surface area contributed by atoms with Gasteiger partial charge in [-0.1, -0.05) is 19.9 Å². The number of rotatable bonds is 7. The van der Waals surface area contributed by atoms with Crippen molar-refractivity contribution in [1.82, 2.24) is 20.6 Å². The van der Waals surface area contributed by atoms with Gasteiger partial charge in [0.25, 0.3) is 5.91 Å². The molecular weight excluding hydrogens is 416 g/mol. The highest BCUT2D eigenvalue weighted by Gasteiger charge is 2.43. The number of carbonyl (C=O) groups is 3. The van der Waals surface area contributed by atoms with Gasteiger partial charge in [-0.15, -0.1) is 11.3 Å². The summed E-state index contributed by atoms with van der Waals surface area (Å²) in [7, 11) is 1.68. The zero-order chi connectivity index (χ0) is 22.7. The largest absolute Gasteiger partial charge is 0.343 e. The second-order valence-corrected chi connectivity index (χ2v) is 9.16. The minimum Gasteiger partial charge on any atom is -0.343 e. The third-order valence-electron chi connectivity index (χ3n) is 5.27. The molecule has 3 rings (SSSR count). The Morgan fingerprint density at radius 3 is 2.58 bits per heavy atom. The number of hydrogen-bond donors (Lipinski definition) is 3. The smallest absolute Gasteiger partial charge is 0.251 e. The fourth-order valence-corrected chi connectivity index (χ4v) is 4.06. The molecule has 0 fully saturated rings. The third-order valence-corrected chi connectivity index (χ3v) is 6.10. The van der Waals surface area contributed by atoms with Crippen molar-refractivity contribution in [1.29, 1.82) is 0 Å². The van der Waals surface area contributed by atoms with E-state index in [9.17, 15) is 14.4 Å². The quantitative estimate of drug-likeness (QED) is 0.596. The average Bonchev–Trinajstić information content (AvgIpc) is 3.33. The Balaban J connectivity index is 1.89. The molecule has 0 saturated heterocycles. The number of fused-ring (bicyclic) bond motifs is 1. The SMILES string of the molecule is CNC(C)C(=O)NC(C(=O)N1c2ncccc2CC1C(=O)Nc1ncc(C)s1)C(C)C. The van der Waals surface area contributed by atoms with Gasteiger partial charge in [-0.05, 0) is 38.4 Å². The van der Waals surface area contributed by atoms with Gasteiger partial charge < -0.3 is 16.0 Å². The molecule has 0 spiro atoms. The first-order chi connectivity index (χ1) is 14.7. The molecule has 166 valence electrons. The van der Waals surface area contributed by atoms with Crippen LogP contribution in [0.5, 0.6) is 0 Å². The molecule has 3 amide bonds. The lowest BCUT2D eigenvalue weighted by Crippen LogP contribution is -2.57. The summed E-state index contributed by atoms with van der Waals surface area (Å²) in [6.07, 6.45) is 3.62. The molecule has 2 aromatic heterocycles. The number of nitrogens with one attached hydrogen (secondary N) is 3. The Morgan fingerprint density at radius 2 is 1.97 bits per heavy atom. The average molecular weight is 445 g/mol. The van der Waals surface area contributed by atoms with E-state index in [1.807, 2.05) is 26.8 Å². The van der Waals surface area contributed by atoms with Gasteiger partial charge in [-0.25, -0.2) is 9.97 Å². The summed E-state index contributed by atoms with van der Waals surface area (Å²) < 4.78 is 0. The number of carbonyl (C=O) groups excluding carboxylic acids is 3. The molecule has 3 heterocycles. The van der Waals surface area contributed by atoms with E-state index in [1.54, 1.807) is 32.4 Å². The van der Waals surface area contributed by atoms with Crippen molar-refractivity contribution in [2.24, 2.45) is 5.92 Å². The van der Waals surface area contributed by atoms with Crippen LogP contribution in [0.3, 0.4) is 0 Å². The molecule has 10 heteroatoms. The van der Waals surface area contributed by atoms with Crippen LogP contribution in [-0.2, 0) is 20.8 Å². The Hall–Kier alpha value is -2.85. The molecule has 2 aromatic rings. The van der Waals surface area contributed by atoms with E-state index in [4.69, 9.17) is 0 Å². The number of nitrogens with zero attached hydrogens (tertiary/aromatic N) is 3. The van der Waals surface area contributed by atoms with Crippen molar-refractivity contribution in [2.75, 3.05) is 17.3 Å². The summed E-state index contributed by atoms with van der Waals surface area (Å²) in [5, 5.41) is 8.99. The standard InChI is InChI=1S/C21H28N6O3S/c1-11(2)16(25-18(28)13(4)22-5)20(30)27-15(9-14-7-6-8-23-17(14)27)19(29)26-21-24-10-12(3)31-21/h6-8,10-11,13,15-16,22H,9H2,1-5H3,(H,25,28)(H,24,26,29). The van der Waals surface area contributed by atoms with E-state index in [0.29, 0.717) is 17.4 Å². The van der Waals surface area contributed by atoms with Gasteiger partial charge in [-0.3, -0.25) is 19.3 Å². The monoisotopic (exact) mass is 444 g/mol. The van der Waals surface area contributed by atoms with Crippen LogP contribution in [0, 0.1) is 12.8 Å². The summed E-state index contributed by atoms with van der Waals surface area (Å²) in [6, 6.07) is 1.61. The topological polar surface area (TPSA) is 116 Å². The lowest BCUT2D eigenvalue weighted by molar-refractivity contribution is -0.130. The number of amides is 3. The van der Waals surface area contributed by atoms with Crippen molar-refractivity contribution in [3.63, 3.8) is 0 Å². The summed E-state index contributed by atoms with van der Waals surface area (Å²) >= 11 is 1.37. The van der Waals surface area contributed by atoms with E-state index in [0.717, 1.165) is 10.4 Å². The van der Waals surface area contributed by atoms with Crippen LogP contribution in [0.25, 0.3) is 0 Å². The van der Waals surface area contributed by atoms with Gasteiger partial charge >= 0.3 is 0 Å². The minimum atomic E-state index is -0.798. The highest BCUT2D eigenvalue weighted by molar-refractivity contribution is 7.15. The summed E-state index contributed by atoms with van der Waals surface area (Å²) in [5.74, 6) is -0.713. The molecule has 3 atom stereocenters. The maximum atomic E-state index is 13.6. The van der Waals surface area contributed by atoms with E-state index in [1.165, 1.54) is 16.2 Å². The minimum absolute atomic E-state index is 0.182. The summed E-state index contributed by atoms with van der Waals surface area (Å²) in [4.78, 5) is 50.1. The van der Waals surface area contributed by atoms with Crippen molar-refractivity contribution >= 4 is 40.0 Å². The molecule has 0 saturated carbocycles. The first-order valence-corrected chi connectivity index (χ1v) is 11.0. The van der Waals surface area contributed by atoms with E-state index in [2.05, 4.69) is 25.9 Å². The van der Waals surface area contributed by atoms with Gasteiger partial charge in [0.1, 0.15) is 17.9 Å². The molecule has 1 aliphatic heterocycles. The number of thiazole rings is 1. The molecule has 9 nitrogen and oxygen atoms in total. The Labute approximate surface area is 185 Å². The highest BCUT2D eigenvalue weighted by atomic mass is 32.1. The van der Waals surface area contributed by atoms with Crippen LogP contribution in [-0.4, -0.2) is 52.9 Å². The van der Waals surface area contributed by atoms with Crippen LogP contribution in [0.4, 0.5) is 10.9 Å². The normalized spacial score (nSPS) is 17.2. The maximum absolute atomic E-state index is 13.6. The third kappa shape index (κ3) is 4.91. The van der Waals surface area contributed by atoms with Crippen LogP contribution < -0.4 is 20.9 Å². The lowest BCUT2D eigenvalue weighted by Gasteiger charge is -2.30. The zero-order valence-electron chi connectivity index (χ0n) is 18.3. The number of aryl methyl sites for hydroxylation is 1. The van der Waals surface area contributed by atoms with Gasteiger partial charge in [-0.2, -0.15) is 0 Å². The lowest BCUT2D eigenvalue weighted by atomic mass is 10.0. The second kappa shape index (κ2) is 9.52. The van der Waals surface area contributed by atoms with E-state index < -0.39 is 18.1 Å². The molecule has 0 aromatic carbocycles. The maximum Gasteiger partial charge on any atom is 0.251 e. The first-order valence-electron chi connectivity index (χ1n) is 10.2. The molecule has 0 radical (unpaired) electrons. The number of anilines is 2. The van der Waals surface area contributed by atoms with Gasteiger partial charge in [0.2, 0.25) is 11.8 Å². The molecular formula is C21H28N6O3S. The van der Waals surface area contributed by atoms with E-state index >= 15 is 0 Å². The first kappa shape index (κ1) is 22.8. The van der Waals surface area contributed by atoms with Gasteiger partial charge in [0.05, 0.1) is 6.04 Å². The Bertz CT molecular complexity index is 976. The van der Waals surface area contributed by atoms with Gasteiger partial charge in [0, 0.05) is 23.7 Å². The fourth-order valence-electron chi connectivity index (χ4n) is 3.40. The molecule has 3 unspecified atom stereocenters. The van der Waals surface area contributed by atoms with Crippen LogP contribution >= 0.6 is 11.3 Å². The van der Waals surface area contributed by atoms with Crippen molar-refractivity contribution in [2.45, 2.75) is 52.2 Å². The van der Waals surface area contributed by atoms with Crippen LogP contribution in [0.1, 0.15) is 31.2 Å². The molecule has 1 aliphatic rings. The molecule has 31 heavy (non-hydrogen) atoms. The van der Waals surface area contributed by atoms with Crippen LogP contribution in [0.15, 0.2) is 24.5 Å². The fraction of sp³-hybridized carbons (Fsp3) is 0.476. The summed E-state index contributed by atoms with van der Waals surface area (Å²) in [6.45, 7) is 7.34. The number of aromatic nitrogens is 2. The van der Waals surface area contributed by atoms with Gasteiger partial charge in [0.15, 0.2) is 5.13 Å². The summed E-state index contributed by atoms with van der Waals surface area (Å²) in [5.41, 5.74) is 0.809. The Morgan fingerprint density at radius 1 is 1.23 bits per heavy atom. The second-order valence-electron chi connectivity index (χ2n) is 7.92. The highest BCUT2D eigenvalue weighted by Crippen LogP contribution is 2.32. The van der Waals surface area contributed by atoms with Crippen molar-refractivity contribution in [3.8, 4) is 0 Å². The molecule has 0 aliphatic carbocycles. The molecule has 0 bridgehead atoms.